The molecule has 0 fully saturated rings. The standard InChI is InChI=1S/C20H16Cl2N2O4/c1-11(2)28-20(27)12-5-3-8-15(9-12)24-18(25)16(22)17(19(24)26)23-14-7-4-6-13(21)10-14/h3-11,23H,1-2H3. The summed E-state index contributed by atoms with van der Waals surface area (Å²) in [5.41, 5.74) is 0.885. The highest BCUT2D eigenvalue weighted by Gasteiger charge is 2.39. The van der Waals surface area contributed by atoms with Crippen molar-refractivity contribution < 1.29 is 19.1 Å². The second kappa shape index (κ2) is 8.04. The minimum Gasteiger partial charge on any atom is -0.459 e. The maximum Gasteiger partial charge on any atom is 0.338 e. The van der Waals surface area contributed by atoms with Crippen molar-refractivity contribution in [1.29, 1.82) is 0 Å². The zero-order chi connectivity index (χ0) is 20.4. The normalized spacial score (nSPS) is 14.1. The van der Waals surface area contributed by atoms with Gasteiger partial charge in [0, 0.05) is 10.7 Å². The Balaban J connectivity index is 1.88. The molecule has 0 spiro atoms. The van der Waals surface area contributed by atoms with Gasteiger partial charge in [-0.15, -0.1) is 0 Å². The van der Waals surface area contributed by atoms with Crippen molar-refractivity contribution in [1.82, 2.24) is 0 Å². The number of hydrogen-bond acceptors (Lipinski definition) is 5. The highest BCUT2D eigenvalue weighted by Crippen LogP contribution is 2.31. The van der Waals surface area contributed by atoms with Crippen LogP contribution in [-0.4, -0.2) is 23.9 Å². The number of rotatable bonds is 5. The second-order valence-electron chi connectivity index (χ2n) is 6.27. The molecule has 1 N–H and O–H groups in total. The van der Waals surface area contributed by atoms with Gasteiger partial charge in [-0.25, -0.2) is 9.69 Å². The zero-order valence-corrected chi connectivity index (χ0v) is 16.5. The van der Waals surface area contributed by atoms with Crippen LogP contribution in [0, 0.1) is 0 Å². The van der Waals surface area contributed by atoms with E-state index >= 15 is 0 Å². The molecule has 3 rings (SSSR count). The molecular weight excluding hydrogens is 403 g/mol. The van der Waals surface area contributed by atoms with Gasteiger partial charge in [0.05, 0.1) is 17.4 Å². The van der Waals surface area contributed by atoms with Gasteiger partial charge in [0.1, 0.15) is 10.7 Å². The van der Waals surface area contributed by atoms with Crippen LogP contribution in [0.3, 0.4) is 0 Å². The summed E-state index contributed by atoms with van der Waals surface area (Å²) < 4.78 is 5.15. The van der Waals surface area contributed by atoms with Crippen molar-refractivity contribution in [2.75, 3.05) is 10.2 Å². The summed E-state index contributed by atoms with van der Waals surface area (Å²) in [7, 11) is 0. The number of ether oxygens (including phenoxy) is 1. The lowest BCUT2D eigenvalue weighted by molar-refractivity contribution is -0.120. The van der Waals surface area contributed by atoms with Crippen LogP contribution in [0.1, 0.15) is 24.2 Å². The van der Waals surface area contributed by atoms with E-state index in [0.717, 1.165) is 4.90 Å². The molecule has 0 aliphatic carbocycles. The molecule has 6 nitrogen and oxygen atoms in total. The fraction of sp³-hybridized carbons (Fsp3) is 0.150. The Bertz CT molecular complexity index is 1000. The van der Waals surface area contributed by atoms with Gasteiger partial charge >= 0.3 is 5.97 Å². The number of amides is 2. The average Bonchev–Trinajstić information content (AvgIpc) is 2.85. The van der Waals surface area contributed by atoms with Gasteiger partial charge in [-0.3, -0.25) is 9.59 Å². The molecule has 2 amide bonds. The Morgan fingerprint density at radius 2 is 1.75 bits per heavy atom. The lowest BCUT2D eigenvalue weighted by Crippen LogP contribution is -2.32. The Kier molecular flexibility index (Phi) is 5.72. The van der Waals surface area contributed by atoms with Crippen molar-refractivity contribution in [2.45, 2.75) is 20.0 Å². The molecule has 0 saturated heterocycles. The summed E-state index contributed by atoms with van der Waals surface area (Å²) in [6.07, 6.45) is -0.296. The number of halogens is 2. The number of anilines is 2. The van der Waals surface area contributed by atoms with E-state index in [9.17, 15) is 14.4 Å². The van der Waals surface area contributed by atoms with Crippen LogP contribution < -0.4 is 10.2 Å². The third-order valence-electron chi connectivity index (χ3n) is 3.80. The Labute approximate surface area is 171 Å². The maximum atomic E-state index is 12.8. The number of nitrogens with one attached hydrogen (secondary N) is 1. The summed E-state index contributed by atoms with van der Waals surface area (Å²) in [4.78, 5) is 38.4. The molecule has 8 heteroatoms. The van der Waals surface area contributed by atoms with Crippen LogP contribution in [0.5, 0.6) is 0 Å². The Morgan fingerprint density at radius 3 is 2.43 bits per heavy atom. The average molecular weight is 419 g/mol. The van der Waals surface area contributed by atoms with Crippen molar-refractivity contribution in [2.24, 2.45) is 0 Å². The molecule has 0 atom stereocenters. The molecule has 0 bridgehead atoms. The van der Waals surface area contributed by atoms with Gasteiger partial charge < -0.3 is 10.1 Å². The van der Waals surface area contributed by atoms with Crippen LogP contribution >= 0.6 is 23.2 Å². The molecular formula is C20H16Cl2N2O4. The van der Waals surface area contributed by atoms with Crippen molar-refractivity contribution in [3.63, 3.8) is 0 Å². The SMILES string of the molecule is CC(C)OC(=O)c1cccc(N2C(=O)C(Cl)=C(Nc3cccc(Cl)c3)C2=O)c1. The summed E-state index contributed by atoms with van der Waals surface area (Å²) in [5, 5.41) is 3.05. The Morgan fingerprint density at radius 1 is 1.04 bits per heavy atom. The van der Waals surface area contributed by atoms with E-state index in [0.29, 0.717) is 10.7 Å². The predicted molar refractivity (Wildman–Crippen MR) is 107 cm³/mol. The van der Waals surface area contributed by atoms with Crippen LogP contribution in [0.25, 0.3) is 0 Å². The van der Waals surface area contributed by atoms with Crippen molar-refractivity contribution in [3.8, 4) is 0 Å². The number of benzene rings is 2. The van der Waals surface area contributed by atoms with Crippen LogP contribution in [-0.2, 0) is 14.3 Å². The largest absolute Gasteiger partial charge is 0.459 e. The van der Waals surface area contributed by atoms with Gasteiger partial charge in [0.2, 0.25) is 0 Å². The number of hydrogen-bond donors (Lipinski definition) is 1. The zero-order valence-electron chi connectivity index (χ0n) is 15.0. The first-order chi connectivity index (χ1) is 13.3. The topological polar surface area (TPSA) is 75.7 Å². The summed E-state index contributed by atoms with van der Waals surface area (Å²) >= 11 is 12.1. The molecule has 0 unspecified atom stereocenters. The number of imide groups is 1. The predicted octanol–water partition coefficient (Wildman–Crippen LogP) is 4.34. The molecule has 1 aliphatic rings. The molecule has 28 heavy (non-hydrogen) atoms. The van der Waals surface area contributed by atoms with Gasteiger partial charge in [-0.1, -0.05) is 35.3 Å². The van der Waals surface area contributed by atoms with Gasteiger partial charge in [0.25, 0.3) is 11.8 Å². The minimum absolute atomic E-state index is 0.0657. The summed E-state index contributed by atoms with van der Waals surface area (Å²) in [6, 6.07) is 12.7. The number of carbonyl (C=O) groups excluding carboxylic acids is 3. The number of esters is 1. The molecule has 2 aromatic rings. The first kappa shape index (κ1) is 19.9. The van der Waals surface area contributed by atoms with Crippen LogP contribution in [0.2, 0.25) is 5.02 Å². The van der Waals surface area contributed by atoms with Gasteiger partial charge in [-0.2, -0.15) is 0 Å². The molecule has 0 aromatic heterocycles. The van der Waals surface area contributed by atoms with Crippen molar-refractivity contribution >= 4 is 52.4 Å². The fourth-order valence-corrected chi connectivity index (χ4v) is 3.01. The third kappa shape index (κ3) is 4.03. The molecule has 0 radical (unpaired) electrons. The lowest BCUT2D eigenvalue weighted by atomic mass is 10.2. The fourth-order valence-electron chi connectivity index (χ4n) is 2.61. The highest BCUT2D eigenvalue weighted by atomic mass is 35.5. The van der Waals surface area contributed by atoms with Crippen LogP contribution in [0.4, 0.5) is 11.4 Å². The maximum absolute atomic E-state index is 12.8. The smallest absolute Gasteiger partial charge is 0.338 e. The lowest BCUT2D eigenvalue weighted by Gasteiger charge is -2.16. The first-order valence-corrected chi connectivity index (χ1v) is 9.15. The third-order valence-corrected chi connectivity index (χ3v) is 4.39. The van der Waals surface area contributed by atoms with E-state index < -0.39 is 17.8 Å². The van der Waals surface area contributed by atoms with E-state index in [1.54, 1.807) is 50.2 Å². The van der Waals surface area contributed by atoms with E-state index in [1.165, 1.54) is 12.1 Å². The summed E-state index contributed by atoms with van der Waals surface area (Å²) in [6.45, 7) is 3.46. The molecule has 0 saturated carbocycles. The monoisotopic (exact) mass is 418 g/mol. The second-order valence-corrected chi connectivity index (χ2v) is 7.09. The summed E-state index contributed by atoms with van der Waals surface area (Å²) in [5.74, 6) is -1.87. The molecule has 1 aliphatic heterocycles. The van der Waals surface area contributed by atoms with Crippen molar-refractivity contribution in [3.05, 3.63) is 69.8 Å². The first-order valence-electron chi connectivity index (χ1n) is 8.40. The van der Waals surface area contributed by atoms with E-state index in [2.05, 4.69) is 5.32 Å². The van der Waals surface area contributed by atoms with E-state index in [-0.39, 0.29) is 28.1 Å². The molecule has 2 aromatic carbocycles. The molecule has 1 heterocycles. The quantitative estimate of drug-likeness (QED) is 0.577. The minimum atomic E-state index is -0.689. The number of nitrogens with zero attached hydrogens (tertiary/aromatic N) is 1. The van der Waals surface area contributed by atoms with E-state index in [4.69, 9.17) is 27.9 Å². The van der Waals surface area contributed by atoms with Crippen LogP contribution in [0.15, 0.2) is 59.3 Å². The number of carbonyl (C=O) groups is 3. The molecule has 144 valence electrons. The van der Waals surface area contributed by atoms with E-state index in [1.807, 2.05) is 0 Å². The van der Waals surface area contributed by atoms with Gasteiger partial charge in [-0.05, 0) is 50.2 Å². The highest BCUT2D eigenvalue weighted by molar-refractivity contribution is 6.53. The Hall–Kier alpha value is -2.83. The van der Waals surface area contributed by atoms with Gasteiger partial charge in [0.15, 0.2) is 0 Å².